The average Bonchev–Trinajstić information content (AvgIpc) is 2.85. The molecule has 3 aromatic carbocycles. The summed E-state index contributed by atoms with van der Waals surface area (Å²) in [7, 11) is 0. The minimum atomic E-state index is -2.95. The topological polar surface area (TPSA) is 74.2 Å². The molecular formula is C29H32F2O6. The van der Waals surface area contributed by atoms with Crippen molar-refractivity contribution in [3.05, 3.63) is 77.4 Å². The van der Waals surface area contributed by atoms with E-state index in [0.29, 0.717) is 36.7 Å². The van der Waals surface area contributed by atoms with Crippen molar-refractivity contribution < 1.29 is 37.6 Å². The summed E-state index contributed by atoms with van der Waals surface area (Å²) in [6.45, 7) is 3.23. The SMILES string of the molecule is CCc1cc(OCC[C@@H](C)Oc2ccc(OC(F)F)cc2Oc2ccccc2C)ccc1CCC(=O)O. The molecule has 198 valence electrons. The number of aliphatic carboxylic acids is 1. The third kappa shape index (κ3) is 8.66. The first-order valence-electron chi connectivity index (χ1n) is 12.2. The predicted molar refractivity (Wildman–Crippen MR) is 136 cm³/mol. The summed E-state index contributed by atoms with van der Waals surface area (Å²) in [5.41, 5.74) is 2.96. The fourth-order valence-electron chi connectivity index (χ4n) is 3.76. The lowest BCUT2D eigenvalue weighted by molar-refractivity contribution is -0.136. The molecule has 37 heavy (non-hydrogen) atoms. The maximum Gasteiger partial charge on any atom is 0.387 e. The number of rotatable bonds is 14. The number of aryl methyl sites for hydroxylation is 3. The Kier molecular flexibility index (Phi) is 10.1. The van der Waals surface area contributed by atoms with E-state index in [9.17, 15) is 13.6 Å². The molecule has 0 saturated heterocycles. The molecule has 0 radical (unpaired) electrons. The zero-order chi connectivity index (χ0) is 26.8. The van der Waals surface area contributed by atoms with E-state index in [4.69, 9.17) is 19.3 Å². The second-order valence-electron chi connectivity index (χ2n) is 8.60. The third-order valence-electron chi connectivity index (χ3n) is 5.74. The van der Waals surface area contributed by atoms with Gasteiger partial charge in [0.1, 0.15) is 17.2 Å². The molecule has 0 aromatic heterocycles. The van der Waals surface area contributed by atoms with Crippen molar-refractivity contribution in [3.8, 4) is 28.7 Å². The largest absolute Gasteiger partial charge is 0.493 e. The summed E-state index contributed by atoms with van der Waals surface area (Å²) in [6, 6.07) is 17.4. The highest BCUT2D eigenvalue weighted by molar-refractivity contribution is 5.67. The molecule has 0 aliphatic heterocycles. The van der Waals surface area contributed by atoms with Gasteiger partial charge >= 0.3 is 12.6 Å². The molecule has 0 bridgehead atoms. The molecule has 3 aromatic rings. The number of ether oxygens (including phenoxy) is 4. The molecule has 8 heteroatoms. The Morgan fingerprint density at radius 1 is 0.919 bits per heavy atom. The van der Waals surface area contributed by atoms with E-state index in [-0.39, 0.29) is 24.0 Å². The fourth-order valence-corrected chi connectivity index (χ4v) is 3.76. The van der Waals surface area contributed by atoms with Crippen molar-refractivity contribution in [3.63, 3.8) is 0 Å². The maximum atomic E-state index is 12.7. The second kappa shape index (κ2) is 13.5. The minimum absolute atomic E-state index is 0.0274. The lowest BCUT2D eigenvalue weighted by Crippen LogP contribution is -2.16. The molecule has 0 unspecified atom stereocenters. The summed E-state index contributed by atoms with van der Waals surface area (Å²) in [4.78, 5) is 10.9. The van der Waals surface area contributed by atoms with E-state index >= 15 is 0 Å². The Bertz CT molecular complexity index is 1180. The molecule has 3 rings (SSSR count). The van der Waals surface area contributed by atoms with Gasteiger partial charge in [0.25, 0.3) is 0 Å². The van der Waals surface area contributed by atoms with Gasteiger partial charge in [0.15, 0.2) is 11.5 Å². The normalized spacial score (nSPS) is 11.7. The lowest BCUT2D eigenvalue weighted by atomic mass is 10.0. The monoisotopic (exact) mass is 514 g/mol. The lowest BCUT2D eigenvalue weighted by Gasteiger charge is -2.19. The van der Waals surface area contributed by atoms with Crippen molar-refractivity contribution >= 4 is 5.97 Å². The highest BCUT2D eigenvalue weighted by atomic mass is 19.3. The molecule has 0 aliphatic carbocycles. The van der Waals surface area contributed by atoms with Crippen LogP contribution in [0.15, 0.2) is 60.7 Å². The molecule has 0 saturated carbocycles. The quantitative estimate of drug-likeness (QED) is 0.245. The van der Waals surface area contributed by atoms with Gasteiger partial charge in [0.2, 0.25) is 0 Å². The molecular weight excluding hydrogens is 482 g/mol. The van der Waals surface area contributed by atoms with Gasteiger partial charge in [-0.25, -0.2) is 0 Å². The van der Waals surface area contributed by atoms with Crippen LogP contribution in [0.2, 0.25) is 0 Å². The summed E-state index contributed by atoms with van der Waals surface area (Å²) >= 11 is 0. The van der Waals surface area contributed by atoms with Crippen molar-refractivity contribution in [1.82, 2.24) is 0 Å². The molecule has 0 spiro atoms. The number of para-hydroxylation sites is 1. The second-order valence-corrected chi connectivity index (χ2v) is 8.60. The van der Waals surface area contributed by atoms with E-state index in [0.717, 1.165) is 23.1 Å². The van der Waals surface area contributed by atoms with Gasteiger partial charge in [-0.15, -0.1) is 0 Å². The van der Waals surface area contributed by atoms with Gasteiger partial charge in [-0.3, -0.25) is 4.79 Å². The standard InChI is InChI=1S/C29H32F2O6/c1-4-21-17-23(11-9-22(21)10-14-28(32)33)34-16-15-20(3)35-26-13-12-24(36-29(30)31)18-27(26)37-25-8-6-5-7-19(25)2/h5-9,11-13,17-18,20,29H,4,10,14-16H2,1-3H3,(H,32,33)/t20-/m1/s1. The Morgan fingerprint density at radius 3 is 2.38 bits per heavy atom. The van der Waals surface area contributed by atoms with Crippen LogP contribution in [0.3, 0.4) is 0 Å². The zero-order valence-electron chi connectivity index (χ0n) is 21.2. The Balaban J connectivity index is 1.63. The first-order chi connectivity index (χ1) is 17.7. The summed E-state index contributed by atoms with van der Waals surface area (Å²) < 4.78 is 48.0. The van der Waals surface area contributed by atoms with Crippen LogP contribution >= 0.6 is 0 Å². The third-order valence-corrected chi connectivity index (χ3v) is 5.74. The summed E-state index contributed by atoms with van der Waals surface area (Å²) in [5, 5.41) is 8.94. The zero-order valence-corrected chi connectivity index (χ0v) is 21.2. The van der Waals surface area contributed by atoms with Crippen LogP contribution in [0.5, 0.6) is 28.7 Å². The van der Waals surface area contributed by atoms with Gasteiger partial charge in [-0.05, 0) is 73.7 Å². The Labute approximate surface area is 215 Å². The molecule has 0 heterocycles. The molecule has 1 atom stereocenters. The number of alkyl halides is 2. The number of carboxylic acid groups (broad SMARTS) is 1. The smallest absolute Gasteiger partial charge is 0.387 e. The van der Waals surface area contributed by atoms with Crippen LogP contribution in [-0.2, 0) is 17.6 Å². The van der Waals surface area contributed by atoms with E-state index in [1.807, 2.05) is 57.2 Å². The number of carbonyl (C=O) groups is 1. The maximum absolute atomic E-state index is 12.7. The van der Waals surface area contributed by atoms with Crippen molar-refractivity contribution in [1.29, 1.82) is 0 Å². The van der Waals surface area contributed by atoms with E-state index in [2.05, 4.69) is 4.74 Å². The number of benzene rings is 3. The highest BCUT2D eigenvalue weighted by Crippen LogP contribution is 2.37. The first-order valence-corrected chi connectivity index (χ1v) is 12.2. The van der Waals surface area contributed by atoms with Gasteiger partial charge in [0.05, 0.1) is 12.7 Å². The van der Waals surface area contributed by atoms with E-state index < -0.39 is 12.6 Å². The molecule has 0 aliphatic rings. The van der Waals surface area contributed by atoms with Crippen LogP contribution in [0.1, 0.15) is 43.4 Å². The Hall–Kier alpha value is -3.81. The molecule has 6 nitrogen and oxygen atoms in total. The first kappa shape index (κ1) is 27.8. The van der Waals surface area contributed by atoms with E-state index in [1.54, 1.807) is 12.1 Å². The van der Waals surface area contributed by atoms with Crippen LogP contribution in [0.25, 0.3) is 0 Å². The van der Waals surface area contributed by atoms with Gasteiger partial charge in [-0.1, -0.05) is 31.2 Å². The van der Waals surface area contributed by atoms with Crippen LogP contribution in [0, 0.1) is 6.92 Å². The van der Waals surface area contributed by atoms with Crippen LogP contribution in [-0.4, -0.2) is 30.4 Å². The Morgan fingerprint density at radius 2 is 1.68 bits per heavy atom. The van der Waals surface area contributed by atoms with Gasteiger partial charge in [0, 0.05) is 18.9 Å². The van der Waals surface area contributed by atoms with Crippen LogP contribution < -0.4 is 18.9 Å². The number of hydrogen-bond acceptors (Lipinski definition) is 5. The minimum Gasteiger partial charge on any atom is -0.493 e. The number of halogens is 2. The molecule has 0 fully saturated rings. The molecule has 0 amide bonds. The van der Waals surface area contributed by atoms with Gasteiger partial charge < -0.3 is 24.1 Å². The highest BCUT2D eigenvalue weighted by Gasteiger charge is 2.15. The van der Waals surface area contributed by atoms with Gasteiger partial charge in [-0.2, -0.15) is 8.78 Å². The number of carboxylic acids is 1. The molecule has 1 N–H and O–H groups in total. The summed E-state index contributed by atoms with van der Waals surface area (Å²) in [5.74, 6) is 1.11. The summed E-state index contributed by atoms with van der Waals surface area (Å²) in [6.07, 6.45) is 1.65. The van der Waals surface area contributed by atoms with Crippen LogP contribution in [0.4, 0.5) is 8.78 Å². The van der Waals surface area contributed by atoms with Crippen molar-refractivity contribution in [2.24, 2.45) is 0 Å². The number of hydrogen-bond donors (Lipinski definition) is 1. The predicted octanol–water partition coefficient (Wildman–Crippen LogP) is 7.20. The van der Waals surface area contributed by atoms with Crippen molar-refractivity contribution in [2.45, 2.75) is 59.2 Å². The fraction of sp³-hybridized carbons (Fsp3) is 0.345. The van der Waals surface area contributed by atoms with E-state index in [1.165, 1.54) is 12.1 Å². The van der Waals surface area contributed by atoms with Crippen molar-refractivity contribution in [2.75, 3.05) is 6.61 Å². The average molecular weight is 515 g/mol.